The van der Waals surface area contributed by atoms with Crippen molar-refractivity contribution in [2.45, 2.75) is 117 Å². The Morgan fingerprint density at radius 2 is 0.966 bits per heavy atom. The van der Waals surface area contributed by atoms with E-state index >= 15 is 0 Å². The van der Waals surface area contributed by atoms with Crippen molar-refractivity contribution in [2.75, 3.05) is 0 Å². The van der Waals surface area contributed by atoms with Crippen LogP contribution in [-0.4, -0.2) is 54.1 Å². The Morgan fingerprint density at radius 3 is 1.34 bits per heavy atom. The standard InChI is InChI=1S/2C23H26N4O2/c2*1-5-21(24)20-11-25-13(3)19-10-26-16(9-18(19)20)8-15-6-7-17-22(27-15)12(2)14(4)29-23(17)28/h2*6-7,9-12,14,21H,5,8,24H2,1-4H3/t12-,14-,21+;12-,14-,21-/m00/s1. The molecule has 0 bridgehead atoms. The molecular weight excluding hydrogens is 729 g/mol. The van der Waals surface area contributed by atoms with Gasteiger partial charge in [0.05, 0.1) is 22.5 Å². The number of rotatable bonds is 8. The van der Waals surface area contributed by atoms with Gasteiger partial charge in [-0.1, -0.05) is 27.7 Å². The van der Waals surface area contributed by atoms with Crippen LogP contribution in [0.4, 0.5) is 0 Å². The molecule has 12 nitrogen and oxygen atoms in total. The molecule has 0 spiro atoms. The van der Waals surface area contributed by atoms with E-state index < -0.39 is 0 Å². The molecule has 300 valence electrons. The van der Waals surface area contributed by atoms with Crippen molar-refractivity contribution < 1.29 is 19.1 Å². The average Bonchev–Trinajstić information content (AvgIpc) is 3.22. The highest BCUT2D eigenvalue weighted by molar-refractivity contribution is 5.93. The van der Waals surface area contributed by atoms with E-state index in [-0.39, 0.29) is 48.1 Å². The molecule has 58 heavy (non-hydrogen) atoms. The Labute approximate surface area is 339 Å². The molecule has 6 atom stereocenters. The van der Waals surface area contributed by atoms with Crippen molar-refractivity contribution in [1.29, 1.82) is 0 Å². The van der Waals surface area contributed by atoms with Gasteiger partial charge >= 0.3 is 11.9 Å². The molecule has 0 saturated heterocycles. The van der Waals surface area contributed by atoms with Gasteiger partial charge < -0.3 is 20.9 Å². The van der Waals surface area contributed by atoms with Gasteiger partial charge in [-0.15, -0.1) is 0 Å². The van der Waals surface area contributed by atoms with Gasteiger partial charge in [0.2, 0.25) is 0 Å². The maximum atomic E-state index is 12.1. The van der Waals surface area contributed by atoms with Gasteiger partial charge in [-0.05, 0) is 98.8 Å². The van der Waals surface area contributed by atoms with Crippen LogP contribution in [0.5, 0.6) is 0 Å². The van der Waals surface area contributed by atoms with Gasteiger partial charge in [-0.2, -0.15) is 0 Å². The number of esters is 2. The third-order valence-corrected chi connectivity index (χ3v) is 11.8. The van der Waals surface area contributed by atoms with Gasteiger partial charge in [0.15, 0.2) is 0 Å². The lowest BCUT2D eigenvalue weighted by Gasteiger charge is -2.27. The number of nitrogens with two attached hydrogens (primary N) is 2. The van der Waals surface area contributed by atoms with E-state index in [1.165, 1.54) is 0 Å². The lowest BCUT2D eigenvalue weighted by molar-refractivity contribution is 0.0225. The van der Waals surface area contributed by atoms with Crippen LogP contribution in [-0.2, 0) is 22.3 Å². The highest BCUT2D eigenvalue weighted by Gasteiger charge is 2.32. The molecule has 8 heterocycles. The number of aryl methyl sites for hydroxylation is 2. The van der Waals surface area contributed by atoms with E-state index in [1.807, 2.05) is 90.6 Å². The summed E-state index contributed by atoms with van der Waals surface area (Å²) in [5, 5.41) is 4.25. The lowest BCUT2D eigenvalue weighted by Crippen LogP contribution is -2.29. The van der Waals surface area contributed by atoms with Crippen molar-refractivity contribution in [1.82, 2.24) is 29.9 Å². The van der Waals surface area contributed by atoms with Gasteiger partial charge in [0, 0.05) is 106 Å². The molecule has 2 aliphatic rings. The van der Waals surface area contributed by atoms with Gasteiger partial charge in [0.1, 0.15) is 12.2 Å². The number of nitrogens with zero attached hydrogens (tertiary/aromatic N) is 6. The van der Waals surface area contributed by atoms with Crippen LogP contribution in [0, 0.1) is 13.8 Å². The van der Waals surface area contributed by atoms with Crippen molar-refractivity contribution in [2.24, 2.45) is 11.5 Å². The summed E-state index contributed by atoms with van der Waals surface area (Å²) in [7, 11) is 0. The molecule has 6 aromatic rings. The fourth-order valence-electron chi connectivity index (χ4n) is 7.64. The summed E-state index contributed by atoms with van der Waals surface area (Å²) in [5.74, 6) is -0.463. The molecule has 6 aromatic heterocycles. The minimum Gasteiger partial charge on any atom is -0.458 e. The zero-order valence-electron chi connectivity index (χ0n) is 34.5. The van der Waals surface area contributed by atoms with Crippen LogP contribution in [0.3, 0.4) is 0 Å². The van der Waals surface area contributed by atoms with Crippen LogP contribution in [0.2, 0.25) is 0 Å². The van der Waals surface area contributed by atoms with Crippen LogP contribution in [0.1, 0.15) is 156 Å². The minimum atomic E-state index is -0.297. The quantitative estimate of drug-likeness (QED) is 0.142. The van der Waals surface area contributed by atoms with Crippen molar-refractivity contribution in [3.63, 3.8) is 0 Å². The highest BCUT2D eigenvalue weighted by Crippen LogP contribution is 2.33. The predicted octanol–water partition coefficient (Wildman–Crippen LogP) is 7.99. The maximum Gasteiger partial charge on any atom is 0.340 e. The summed E-state index contributed by atoms with van der Waals surface area (Å²) < 4.78 is 10.8. The minimum absolute atomic E-state index is 0.0592. The first-order valence-electron chi connectivity index (χ1n) is 20.2. The maximum absolute atomic E-state index is 12.1. The SMILES string of the molecule is CC[C@@H](N)c1cnc(C)c2cnc(Cc3ccc4c(n3)[C@@H](C)[C@H](C)OC4=O)cc12.CC[C@H](N)c1cnc(C)c2cnc(Cc3ccc4c(n3)[C@@H](C)[C@H](C)OC4=O)cc12. The first-order valence-corrected chi connectivity index (χ1v) is 20.2. The second-order valence-electron chi connectivity index (χ2n) is 15.7. The van der Waals surface area contributed by atoms with Crippen LogP contribution >= 0.6 is 0 Å². The number of cyclic esters (lactones) is 2. The van der Waals surface area contributed by atoms with E-state index in [2.05, 4.69) is 45.9 Å². The monoisotopic (exact) mass is 780 g/mol. The van der Waals surface area contributed by atoms with Crippen LogP contribution < -0.4 is 11.5 Å². The van der Waals surface area contributed by atoms with Gasteiger partial charge in [0.25, 0.3) is 0 Å². The molecule has 0 amide bonds. The second kappa shape index (κ2) is 16.6. The molecule has 0 unspecified atom stereocenters. The Hall–Kier alpha value is -5.72. The third-order valence-electron chi connectivity index (χ3n) is 11.8. The Kier molecular flexibility index (Phi) is 11.6. The predicted molar refractivity (Wildman–Crippen MR) is 224 cm³/mol. The Morgan fingerprint density at radius 1 is 0.569 bits per heavy atom. The summed E-state index contributed by atoms with van der Waals surface area (Å²) in [4.78, 5) is 52.1. The van der Waals surface area contributed by atoms with E-state index in [0.29, 0.717) is 24.0 Å². The average molecular weight is 781 g/mol. The second-order valence-corrected chi connectivity index (χ2v) is 15.7. The molecule has 0 aromatic carbocycles. The smallest absolute Gasteiger partial charge is 0.340 e. The molecule has 2 aliphatic heterocycles. The summed E-state index contributed by atoms with van der Waals surface area (Å²) in [6.07, 6.45) is 10.0. The topological polar surface area (TPSA) is 182 Å². The zero-order valence-corrected chi connectivity index (χ0v) is 34.5. The summed E-state index contributed by atoms with van der Waals surface area (Å²) in [6, 6.07) is 11.5. The number of hydrogen-bond donors (Lipinski definition) is 2. The molecule has 0 saturated carbocycles. The fraction of sp³-hybridized carbons (Fsp3) is 0.391. The van der Waals surface area contributed by atoms with E-state index in [4.69, 9.17) is 30.9 Å². The molecule has 12 heteroatoms. The molecule has 0 fully saturated rings. The van der Waals surface area contributed by atoms with Crippen molar-refractivity contribution in [3.05, 3.63) is 129 Å². The Balaban J connectivity index is 0.000000177. The number of carbonyl (C=O) groups excluding carboxylic acids is 2. The van der Waals surface area contributed by atoms with Crippen molar-refractivity contribution >= 4 is 33.5 Å². The third kappa shape index (κ3) is 7.91. The van der Waals surface area contributed by atoms with Gasteiger partial charge in [-0.3, -0.25) is 29.9 Å². The zero-order chi connectivity index (χ0) is 41.4. The molecule has 8 rings (SSSR count). The van der Waals surface area contributed by atoms with Gasteiger partial charge in [-0.25, -0.2) is 9.59 Å². The number of aromatic nitrogens is 6. The number of pyridine rings is 6. The van der Waals surface area contributed by atoms with E-state index in [1.54, 1.807) is 0 Å². The highest BCUT2D eigenvalue weighted by atomic mass is 16.5. The molecule has 0 aliphatic carbocycles. The first-order chi connectivity index (χ1) is 27.8. The van der Waals surface area contributed by atoms with E-state index in [9.17, 15) is 9.59 Å². The van der Waals surface area contributed by atoms with Crippen molar-refractivity contribution in [3.8, 4) is 0 Å². The number of fused-ring (bicyclic) bond motifs is 4. The number of hydrogen-bond acceptors (Lipinski definition) is 12. The summed E-state index contributed by atoms with van der Waals surface area (Å²) in [5.41, 5.74) is 22.9. The molecule has 4 N–H and O–H groups in total. The molecule has 0 radical (unpaired) electrons. The normalized spacial score (nSPS) is 19.7. The number of carbonyl (C=O) groups is 2. The fourth-order valence-corrected chi connectivity index (χ4v) is 7.64. The van der Waals surface area contributed by atoms with Crippen LogP contribution in [0.25, 0.3) is 21.5 Å². The largest absolute Gasteiger partial charge is 0.458 e. The Bertz CT molecular complexity index is 2370. The first kappa shape index (κ1) is 40.5. The molecular formula is C46H52N8O4. The lowest BCUT2D eigenvalue weighted by atomic mass is 9.93. The number of ether oxygens (including phenoxy) is 2. The summed E-state index contributed by atoms with van der Waals surface area (Å²) >= 11 is 0. The van der Waals surface area contributed by atoms with Crippen LogP contribution in [0.15, 0.2) is 61.2 Å². The van der Waals surface area contributed by atoms with E-state index in [0.717, 1.165) is 91.1 Å². The summed E-state index contributed by atoms with van der Waals surface area (Å²) in [6.45, 7) is 16.0.